The van der Waals surface area contributed by atoms with Crippen molar-refractivity contribution in [2.24, 2.45) is 5.92 Å². The van der Waals surface area contributed by atoms with Crippen LogP contribution in [0.15, 0.2) is 0 Å². The van der Waals surface area contributed by atoms with Crippen LogP contribution in [0, 0.1) is 5.92 Å². The molecule has 0 aliphatic heterocycles. The zero-order valence-corrected chi connectivity index (χ0v) is 6.92. The fourth-order valence-corrected chi connectivity index (χ4v) is 1.55. The molecule has 1 aliphatic carbocycles. The lowest BCUT2D eigenvalue weighted by molar-refractivity contribution is -0.105. The van der Waals surface area contributed by atoms with E-state index in [-0.39, 0.29) is 25.7 Å². The quantitative estimate of drug-likeness (QED) is 0.547. The lowest BCUT2D eigenvalue weighted by atomic mass is 9.83. The minimum atomic E-state index is -2.80. The van der Waals surface area contributed by atoms with Gasteiger partial charge in [0.1, 0.15) is 0 Å². The molecule has 1 aliphatic rings. The minimum absolute atomic E-state index is 0.0590. The first-order valence-electron chi connectivity index (χ1n) is 4.07. The van der Waals surface area contributed by atoms with Gasteiger partial charge in [0.25, 0.3) is 0 Å². The van der Waals surface area contributed by atoms with E-state index in [0.29, 0.717) is 0 Å². The molecule has 1 fully saturated rings. The molecule has 0 aromatic heterocycles. The summed E-state index contributed by atoms with van der Waals surface area (Å²) < 4.78 is 50.3. The molecule has 0 atom stereocenters. The lowest BCUT2D eigenvalue weighted by Crippen LogP contribution is -2.33. The number of alkyl halides is 4. The van der Waals surface area contributed by atoms with Crippen LogP contribution in [0.4, 0.5) is 17.6 Å². The van der Waals surface area contributed by atoms with Crippen molar-refractivity contribution in [3.05, 3.63) is 0 Å². The van der Waals surface area contributed by atoms with Crippen molar-refractivity contribution in [2.45, 2.75) is 44.5 Å². The van der Waals surface area contributed by atoms with Crippen molar-refractivity contribution < 1.29 is 17.6 Å². The topological polar surface area (TPSA) is 0 Å². The lowest BCUT2D eigenvalue weighted by Gasteiger charge is -2.31. The van der Waals surface area contributed by atoms with Crippen molar-refractivity contribution >= 4 is 0 Å². The van der Waals surface area contributed by atoms with Crippen LogP contribution in [0.3, 0.4) is 0 Å². The maximum atomic E-state index is 12.6. The second-order valence-electron chi connectivity index (χ2n) is 3.59. The maximum absolute atomic E-state index is 12.6. The van der Waals surface area contributed by atoms with Gasteiger partial charge in [-0.2, -0.15) is 0 Å². The summed E-state index contributed by atoms with van der Waals surface area (Å²) in [6.07, 6.45) is -0.894. The van der Waals surface area contributed by atoms with E-state index in [1.807, 2.05) is 0 Å². The molecule has 0 saturated heterocycles. The van der Waals surface area contributed by atoms with Crippen LogP contribution in [-0.2, 0) is 0 Å². The van der Waals surface area contributed by atoms with Gasteiger partial charge in [0, 0.05) is 18.8 Å². The van der Waals surface area contributed by atoms with E-state index in [9.17, 15) is 17.6 Å². The Morgan fingerprint density at radius 1 is 1.17 bits per heavy atom. The first kappa shape index (κ1) is 9.81. The number of halogens is 4. The van der Waals surface area contributed by atoms with E-state index in [1.165, 1.54) is 0 Å². The van der Waals surface area contributed by atoms with E-state index in [1.54, 1.807) is 0 Å². The Kier molecular flexibility index (Phi) is 2.36. The van der Waals surface area contributed by atoms with Gasteiger partial charge < -0.3 is 0 Å². The van der Waals surface area contributed by atoms with Gasteiger partial charge in [-0.1, -0.05) is 0 Å². The Balaban J connectivity index is 2.47. The molecule has 0 radical (unpaired) electrons. The van der Waals surface area contributed by atoms with Gasteiger partial charge >= 0.3 is 0 Å². The first-order chi connectivity index (χ1) is 5.31. The highest BCUT2D eigenvalue weighted by Gasteiger charge is 2.42. The average molecular weight is 184 g/mol. The van der Waals surface area contributed by atoms with Crippen molar-refractivity contribution in [2.75, 3.05) is 0 Å². The van der Waals surface area contributed by atoms with Crippen molar-refractivity contribution in [3.63, 3.8) is 0 Å². The molecule has 0 heterocycles. The Morgan fingerprint density at radius 2 is 1.58 bits per heavy atom. The molecule has 0 unspecified atom stereocenters. The number of rotatable bonds is 1. The normalized spacial score (nSPS) is 25.8. The van der Waals surface area contributed by atoms with Gasteiger partial charge in [0.05, 0.1) is 0 Å². The summed E-state index contributed by atoms with van der Waals surface area (Å²) in [5.41, 5.74) is 0. The van der Waals surface area contributed by atoms with Crippen LogP contribution in [0.1, 0.15) is 32.6 Å². The van der Waals surface area contributed by atoms with Gasteiger partial charge in [-0.3, -0.25) is 0 Å². The summed E-state index contributed by atoms with van der Waals surface area (Å²) in [6.45, 7) is 0.807. The third-order valence-electron chi connectivity index (χ3n) is 2.43. The molecular formula is C8H12F4. The van der Waals surface area contributed by atoms with E-state index < -0.39 is 17.8 Å². The van der Waals surface area contributed by atoms with Crippen molar-refractivity contribution in [3.8, 4) is 0 Å². The molecule has 0 bridgehead atoms. The molecule has 0 amide bonds. The molecule has 1 rings (SSSR count). The fourth-order valence-electron chi connectivity index (χ4n) is 1.55. The monoisotopic (exact) mass is 184 g/mol. The SMILES string of the molecule is CC(F)(F)C1CCC(F)(F)CC1. The number of hydrogen-bond acceptors (Lipinski definition) is 0. The molecular weight excluding hydrogens is 172 g/mol. The van der Waals surface area contributed by atoms with Gasteiger partial charge in [0.2, 0.25) is 11.8 Å². The van der Waals surface area contributed by atoms with Gasteiger partial charge in [0.15, 0.2) is 0 Å². The molecule has 72 valence electrons. The number of hydrogen-bond donors (Lipinski definition) is 0. The molecule has 4 heteroatoms. The predicted molar refractivity (Wildman–Crippen MR) is 37.5 cm³/mol. The minimum Gasteiger partial charge on any atom is -0.207 e. The van der Waals surface area contributed by atoms with Crippen LogP contribution in [0.5, 0.6) is 0 Å². The molecule has 0 N–H and O–H groups in total. The summed E-state index contributed by atoms with van der Waals surface area (Å²) in [4.78, 5) is 0. The van der Waals surface area contributed by atoms with Crippen LogP contribution >= 0.6 is 0 Å². The Labute approximate surface area is 69.0 Å². The van der Waals surface area contributed by atoms with E-state index in [2.05, 4.69) is 0 Å². The second kappa shape index (κ2) is 2.89. The fraction of sp³-hybridized carbons (Fsp3) is 1.00. The summed E-state index contributed by atoms with van der Waals surface area (Å²) in [5.74, 6) is -6.35. The molecule has 1 saturated carbocycles. The summed E-state index contributed by atoms with van der Waals surface area (Å²) in [5, 5.41) is 0. The summed E-state index contributed by atoms with van der Waals surface area (Å²) in [6, 6.07) is 0. The van der Waals surface area contributed by atoms with E-state index in [4.69, 9.17) is 0 Å². The summed E-state index contributed by atoms with van der Waals surface area (Å²) >= 11 is 0. The Hall–Kier alpha value is -0.280. The summed E-state index contributed by atoms with van der Waals surface area (Å²) in [7, 11) is 0. The molecule has 0 aromatic rings. The molecule has 12 heavy (non-hydrogen) atoms. The van der Waals surface area contributed by atoms with Crippen LogP contribution in [-0.4, -0.2) is 11.8 Å². The van der Waals surface area contributed by atoms with Gasteiger partial charge in [-0.25, -0.2) is 17.6 Å². The standard InChI is InChI=1S/C8H12F4/c1-7(9,10)6-2-4-8(11,12)5-3-6/h6H,2-5H2,1H3. The third kappa shape index (κ3) is 2.35. The molecule has 0 nitrogen and oxygen atoms in total. The zero-order valence-electron chi connectivity index (χ0n) is 6.92. The smallest absolute Gasteiger partial charge is 0.207 e. The van der Waals surface area contributed by atoms with Crippen LogP contribution in [0.25, 0.3) is 0 Å². The highest BCUT2D eigenvalue weighted by molar-refractivity contribution is 4.83. The van der Waals surface area contributed by atoms with Crippen LogP contribution < -0.4 is 0 Å². The zero-order chi connectivity index (χ0) is 9.41. The molecule has 0 spiro atoms. The molecule has 0 aromatic carbocycles. The predicted octanol–water partition coefficient (Wildman–Crippen LogP) is 3.47. The second-order valence-corrected chi connectivity index (χ2v) is 3.59. The first-order valence-corrected chi connectivity index (χ1v) is 4.07. The van der Waals surface area contributed by atoms with Gasteiger partial charge in [-0.05, 0) is 19.8 Å². The van der Waals surface area contributed by atoms with Gasteiger partial charge in [-0.15, -0.1) is 0 Å². The van der Waals surface area contributed by atoms with Crippen LogP contribution in [0.2, 0.25) is 0 Å². The third-order valence-corrected chi connectivity index (χ3v) is 2.43. The Bertz CT molecular complexity index is 149. The van der Waals surface area contributed by atoms with E-state index in [0.717, 1.165) is 6.92 Å². The highest BCUT2D eigenvalue weighted by atomic mass is 19.3. The largest absolute Gasteiger partial charge is 0.248 e. The van der Waals surface area contributed by atoms with Crippen molar-refractivity contribution in [1.29, 1.82) is 0 Å². The maximum Gasteiger partial charge on any atom is 0.248 e. The average Bonchev–Trinajstić information content (AvgIpc) is 1.83. The van der Waals surface area contributed by atoms with Crippen molar-refractivity contribution in [1.82, 2.24) is 0 Å². The highest BCUT2D eigenvalue weighted by Crippen LogP contribution is 2.42. The van der Waals surface area contributed by atoms with E-state index >= 15 is 0 Å². The Morgan fingerprint density at radius 3 is 1.92 bits per heavy atom.